The third-order valence-electron chi connectivity index (χ3n) is 20.1. The SMILES string of the molecule is Cc1cc(C)cc(-c2cccc(-c3ccccc3)c2-c2cc(-c3c(-c4c(-c5c(C(C)C)cccc5C(C)C)cccc4-c4c(C(C)C)cccc4C(C)C)ccc4c3nc(-c3ccc5c(n3)-c3c(O)cccc3CC5)n4-c3c(C)cccc3C)cc3oc4ccccc4c23)c1. The molecule has 0 bridgehead atoms. The second kappa shape index (κ2) is 24.2. The molecule has 0 atom stereocenters. The van der Waals surface area contributed by atoms with Crippen LogP contribution >= 0.6 is 0 Å². The average Bonchev–Trinajstić information content (AvgIpc) is 1.66. The lowest BCUT2D eigenvalue weighted by molar-refractivity contribution is 0.476. The highest BCUT2D eigenvalue weighted by molar-refractivity contribution is 6.19. The zero-order valence-corrected chi connectivity index (χ0v) is 56.7. The molecule has 3 aromatic heterocycles. The maximum atomic E-state index is 11.7. The van der Waals surface area contributed by atoms with E-state index in [0.29, 0.717) is 5.82 Å². The van der Waals surface area contributed by atoms with Crippen LogP contribution in [-0.4, -0.2) is 19.6 Å². The number of furan rings is 1. The molecule has 95 heavy (non-hydrogen) atoms. The molecule has 0 saturated carbocycles. The summed E-state index contributed by atoms with van der Waals surface area (Å²) in [5, 5.41) is 13.8. The van der Waals surface area contributed by atoms with Gasteiger partial charge in [-0.1, -0.05) is 249 Å². The van der Waals surface area contributed by atoms with Gasteiger partial charge in [-0.15, -0.1) is 0 Å². The van der Waals surface area contributed by atoms with Gasteiger partial charge in [-0.2, -0.15) is 0 Å². The summed E-state index contributed by atoms with van der Waals surface area (Å²) in [6.07, 6.45) is 1.65. The highest BCUT2D eigenvalue weighted by Crippen LogP contribution is 2.55. The van der Waals surface area contributed by atoms with Crippen molar-refractivity contribution in [2.45, 2.75) is 120 Å². The average molecular weight is 1240 g/mol. The molecule has 468 valence electrons. The Bertz CT molecular complexity index is 5200. The first-order chi connectivity index (χ1) is 46.0. The Hall–Kier alpha value is -10.4. The van der Waals surface area contributed by atoms with Crippen molar-refractivity contribution < 1.29 is 9.52 Å². The molecule has 14 aromatic rings. The standard InChI is InChI=1S/C90H81N3O2/c1-51(2)64-30-20-31-65(52(3)4)82(64)71-36-23-37-72(83-66(53(5)6)32-21-33-67(83)54(7)8)85(71)73-43-45-76-88(92-90(93(76)89-57(11)24-18-25-58(89)12)75-44-42-61-41-40-60-28-19-38-77(94)81(60)87(61)91-75)80(73)63-49-74(86-70-29-16-17-39-78(70)95-79(86)50-63)84-68(59-26-14-13-15-27-59)34-22-35-69(84)62-47-55(9)46-56(10)48-62/h13-39,42-54,94H,40-41H2,1-12H3. The molecule has 0 amide bonds. The van der Waals surface area contributed by atoms with Gasteiger partial charge in [0.25, 0.3) is 0 Å². The van der Waals surface area contributed by atoms with Gasteiger partial charge in [-0.05, 0) is 217 Å². The molecule has 0 spiro atoms. The molecule has 5 heteroatoms. The van der Waals surface area contributed by atoms with Gasteiger partial charge in [0.15, 0.2) is 5.82 Å². The van der Waals surface area contributed by atoms with E-state index in [1.54, 1.807) is 6.07 Å². The number of para-hydroxylation sites is 2. The molecule has 3 heterocycles. The number of rotatable bonds is 13. The van der Waals surface area contributed by atoms with Crippen LogP contribution in [0.3, 0.4) is 0 Å². The molecule has 1 N–H and O–H groups in total. The zero-order chi connectivity index (χ0) is 65.7. The summed E-state index contributed by atoms with van der Waals surface area (Å²) < 4.78 is 9.73. The van der Waals surface area contributed by atoms with E-state index in [2.05, 4.69) is 294 Å². The van der Waals surface area contributed by atoms with Gasteiger partial charge in [-0.25, -0.2) is 9.97 Å². The second-order valence-corrected chi connectivity index (χ2v) is 27.8. The monoisotopic (exact) mass is 1240 g/mol. The number of hydrogen-bond acceptors (Lipinski definition) is 4. The predicted octanol–water partition coefficient (Wildman–Crippen LogP) is 24.9. The number of phenolic OH excluding ortho intramolecular Hbond substituents is 1. The summed E-state index contributed by atoms with van der Waals surface area (Å²) in [6.45, 7) is 27.6. The molecule has 1 aliphatic carbocycles. The molecule has 5 nitrogen and oxygen atoms in total. The molecule has 1 aliphatic rings. The molecule has 0 unspecified atom stereocenters. The number of benzene rings is 11. The molecule has 0 fully saturated rings. The quantitative estimate of drug-likeness (QED) is 0.125. The fourth-order valence-corrected chi connectivity index (χ4v) is 15.8. The van der Waals surface area contributed by atoms with Crippen LogP contribution < -0.4 is 0 Å². The normalized spacial score (nSPS) is 12.3. The zero-order valence-electron chi connectivity index (χ0n) is 56.7. The molecular weight excluding hydrogens is 1160 g/mol. The lowest BCUT2D eigenvalue weighted by atomic mass is 9.76. The Balaban J connectivity index is 1.18. The first-order valence-corrected chi connectivity index (χ1v) is 34.1. The Morgan fingerprint density at radius 1 is 0.389 bits per heavy atom. The van der Waals surface area contributed by atoms with Crippen molar-refractivity contribution in [1.82, 2.24) is 14.5 Å². The number of aromatic nitrogens is 3. The van der Waals surface area contributed by atoms with E-state index < -0.39 is 0 Å². The maximum Gasteiger partial charge on any atom is 0.164 e. The van der Waals surface area contributed by atoms with Crippen molar-refractivity contribution in [3.8, 4) is 112 Å². The third-order valence-corrected chi connectivity index (χ3v) is 20.1. The van der Waals surface area contributed by atoms with Gasteiger partial charge in [0.2, 0.25) is 0 Å². The predicted molar refractivity (Wildman–Crippen MR) is 399 cm³/mol. The molecule has 11 aromatic carbocycles. The minimum absolute atomic E-state index is 0.221. The van der Waals surface area contributed by atoms with E-state index in [0.717, 1.165) is 146 Å². The minimum Gasteiger partial charge on any atom is -0.507 e. The van der Waals surface area contributed by atoms with E-state index >= 15 is 0 Å². The van der Waals surface area contributed by atoms with Crippen molar-refractivity contribution in [3.05, 3.63) is 274 Å². The van der Waals surface area contributed by atoms with Crippen molar-refractivity contribution in [1.29, 1.82) is 0 Å². The van der Waals surface area contributed by atoms with Crippen LogP contribution in [0.4, 0.5) is 0 Å². The van der Waals surface area contributed by atoms with Crippen molar-refractivity contribution >= 4 is 33.0 Å². The summed E-state index contributed by atoms with van der Waals surface area (Å²) in [6, 6.07) is 80.7. The Morgan fingerprint density at radius 2 is 0.926 bits per heavy atom. The number of pyridine rings is 1. The Morgan fingerprint density at radius 3 is 1.56 bits per heavy atom. The van der Waals surface area contributed by atoms with Gasteiger partial charge in [0.05, 0.1) is 22.4 Å². The number of hydrogen-bond donors (Lipinski definition) is 1. The highest BCUT2D eigenvalue weighted by Gasteiger charge is 2.32. The van der Waals surface area contributed by atoms with Crippen molar-refractivity contribution in [2.24, 2.45) is 0 Å². The van der Waals surface area contributed by atoms with Crippen LogP contribution in [0.1, 0.15) is 135 Å². The van der Waals surface area contributed by atoms with Crippen LogP contribution in [0, 0.1) is 27.7 Å². The van der Waals surface area contributed by atoms with Crippen LogP contribution in [0.2, 0.25) is 0 Å². The molecule has 0 radical (unpaired) electrons. The fourth-order valence-electron chi connectivity index (χ4n) is 15.8. The lowest BCUT2D eigenvalue weighted by Gasteiger charge is -2.27. The number of fused-ring (bicyclic) bond motifs is 7. The minimum atomic E-state index is 0.221. The van der Waals surface area contributed by atoms with Gasteiger partial charge in [0, 0.05) is 21.9 Å². The highest BCUT2D eigenvalue weighted by atomic mass is 16.3. The maximum absolute atomic E-state index is 11.7. The van der Waals surface area contributed by atoms with E-state index in [-0.39, 0.29) is 29.4 Å². The molecule has 0 saturated heterocycles. The van der Waals surface area contributed by atoms with Gasteiger partial charge < -0.3 is 9.52 Å². The fraction of sp³-hybridized carbons (Fsp3) is 0.200. The van der Waals surface area contributed by atoms with Gasteiger partial charge in [0.1, 0.15) is 22.6 Å². The van der Waals surface area contributed by atoms with E-state index in [9.17, 15) is 5.11 Å². The molecule has 15 rings (SSSR count). The topological polar surface area (TPSA) is 64.1 Å². The number of nitrogens with zero attached hydrogens (tertiary/aromatic N) is 3. The van der Waals surface area contributed by atoms with E-state index in [4.69, 9.17) is 14.4 Å². The summed E-state index contributed by atoms with van der Waals surface area (Å²) >= 11 is 0. The van der Waals surface area contributed by atoms with Gasteiger partial charge >= 0.3 is 0 Å². The third kappa shape index (κ3) is 10.4. The number of phenols is 1. The van der Waals surface area contributed by atoms with Crippen LogP contribution in [-0.2, 0) is 12.8 Å². The first-order valence-electron chi connectivity index (χ1n) is 34.1. The van der Waals surface area contributed by atoms with Crippen molar-refractivity contribution in [3.63, 3.8) is 0 Å². The first kappa shape index (κ1) is 60.9. The van der Waals surface area contributed by atoms with Crippen LogP contribution in [0.15, 0.2) is 223 Å². The van der Waals surface area contributed by atoms with Crippen LogP contribution in [0.5, 0.6) is 5.75 Å². The Kier molecular flexibility index (Phi) is 15.5. The van der Waals surface area contributed by atoms with Crippen LogP contribution in [0.25, 0.3) is 139 Å². The molecule has 0 aliphatic heterocycles. The summed E-state index contributed by atoms with van der Waals surface area (Å²) in [5.41, 5.74) is 34.7. The summed E-state index contributed by atoms with van der Waals surface area (Å²) in [5.74, 6) is 1.84. The number of aryl methyl sites for hydroxylation is 6. The van der Waals surface area contributed by atoms with Crippen molar-refractivity contribution in [2.75, 3.05) is 0 Å². The van der Waals surface area contributed by atoms with E-state index in [1.807, 2.05) is 6.07 Å². The number of aromatic hydroxyl groups is 1. The Labute approximate surface area is 559 Å². The largest absolute Gasteiger partial charge is 0.507 e. The van der Waals surface area contributed by atoms with Gasteiger partial charge in [-0.3, -0.25) is 4.57 Å². The number of imidazole rings is 1. The summed E-state index contributed by atoms with van der Waals surface area (Å²) in [7, 11) is 0. The van der Waals surface area contributed by atoms with E-state index in [1.165, 1.54) is 55.6 Å². The smallest absolute Gasteiger partial charge is 0.164 e. The summed E-state index contributed by atoms with van der Waals surface area (Å²) in [4.78, 5) is 11.9. The lowest BCUT2D eigenvalue weighted by Crippen LogP contribution is -2.08. The second-order valence-electron chi connectivity index (χ2n) is 27.8. The molecular formula is C90H81N3O2.